The lowest BCUT2D eigenvalue weighted by Crippen LogP contribution is -2.32. The van der Waals surface area contributed by atoms with E-state index in [-0.39, 0.29) is 0 Å². The Labute approximate surface area is 154 Å². The molecule has 3 rings (SSSR count). The second-order valence-electron chi connectivity index (χ2n) is 6.59. The van der Waals surface area contributed by atoms with Gasteiger partial charge in [0.15, 0.2) is 0 Å². The zero-order chi connectivity index (χ0) is 18.9. The maximum atomic E-state index is 13.2. The third-order valence-electron chi connectivity index (χ3n) is 4.40. The average Bonchev–Trinajstić information content (AvgIpc) is 2.98. The zero-order valence-corrected chi connectivity index (χ0v) is 16.2. The van der Waals surface area contributed by atoms with E-state index in [1.165, 1.54) is 0 Å². The first kappa shape index (κ1) is 18.4. The lowest BCUT2D eigenvalue weighted by molar-refractivity contribution is 0.561. The van der Waals surface area contributed by atoms with Gasteiger partial charge in [0.05, 0.1) is 4.90 Å². The highest BCUT2D eigenvalue weighted by Gasteiger charge is 2.27. The Morgan fingerprint density at radius 2 is 1.65 bits per heavy atom. The molecular weight excluding hydrogens is 346 g/mol. The quantitative estimate of drug-likeness (QED) is 0.749. The molecule has 0 aliphatic heterocycles. The van der Waals surface area contributed by atoms with Gasteiger partial charge in [-0.15, -0.1) is 0 Å². The van der Waals surface area contributed by atoms with Crippen LogP contribution in [0.3, 0.4) is 0 Å². The smallest absolute Gasteiger partial charge is 0.242 e. The monoisotopic (exact) mass is 369 g/mol. The summed E-state index contributed by atoms with van der Waals surface area (Å²) >= 11 is 0. The summed E-state index contributed by atoms with van der Waals surface area (Å²) in [4.78, 5) is 4.70. The maximum Gasteiger partial charge on any atom is 0.242 e. The predicted octanol–water partition coefficient (Wildman–Crippen LogP) is 3.41. The molecule has 1 N–H and O–H groups in total. The van der Waals surface area contributed by atoms with Crippen LogP contribution in [0, 0.1) is 20.8 Å². The Morgan fingerprint density at radius 3 is 2.19 bits per heavy atom. The van der Waals surface area contributed by atoms with Crippen molar-refractivity contribution in [3.8, 4) is 0 Å². The molecule has 1 atom stereocenters. The molecule has 5 nitrogen and oxygen atoms in total. The molecule has 0 unspecified atom stereocenters. The van der Waals surface area contributed by atoms with Gasteiger partial charge >= 0.3 is 0 Å². The third kappa shape index (κ3) is 3.57. The van der Waals surface area contributed by atoms with Gasteiger partial charge in [-0.3, -0.25) is 0 Å². The molecule has 0 aliphatic rings. The van der Waals surface area contributed by atoms with Crippen molar-refractivity contribution in [1.82, 2.24) is 14.3 Å². The summed E-state index contributed by atoms with van der Waals surface area (Å²) in [6.07, 6.45) is 3.48. The highest BCUT2D eigenvalue weighted by Crippen LogP contribution is 2.26. The van der Waals surface area contributed by atoms with Crippen LogP contribution in [0.5, 0.6) is 0 Å². The summed E-state index contributed by atoms with van der Waals surface area (Å²) in [5.41, 5.74) is 3.36. The Kier molecular flexibility index (Phi) is 4.98. The number of aromatic nitrogens is 2. The highest BCUT2D eigenvalue weighted by atomic mass is 32.2. The number of aryl methyl sites for hydroxylation is 4. The third-order valence-corrected chi connectivity index (χ3v) is 6.12. The van der Waals surface area contributed by atoms with E-state index < -0.39 is 16.1 Å². The number of imidazole rings is 1. The lowest BCUT2D eigenvalue weighted by atomic mass is 10.1. The molecule has 26 heavy (non-hydrogen) atoms. The minimum absolute atomic E-state index is 0.332. The van der Waals surface area contributed by atoms with E-state index in [2.05, 4.69) is 9.71 Å². The Bertz CT molecular complexity index is 1000. The largest absolute Gasteiger partial charge is 0.336 e. The first-order chi connectivity index (χ1) is 12.3. The van der Waals surface area contributed by atoms with E-state index in [4.69, 9.17) is 0 Å². The summed E-state index contributed by atoms with van der Waals surface area (Å²) in [7, 11) is -1.88. The fourth-order valence-electron chi connectivity index (χ4n) is 3.38. The fourth-order valence-corrected chi connectivity index (χ4v) is 5.01. The topological polar surface area (TPSA) is 64.0 Å². The standard InChI is InChI=1S/C20H23N3O2S/c1-14-12-15(2)19(16(3)13-14)26(24,25)22-18(17-8-6-5-7-9-17)20-21-10-11-23(20)4/h5-13,18,22H,1-4H3/t18-/m1/s1. The maximum absolute atomic E-state index is 13.2. The molecule has 0 amide bonds. The summed E-state index contributed by atoms with van der Waals surface area (Å²) in [6.45, 7) is 5.62. The minimum Gasteiger partial charge on any atom is -0.336 e. The molecule has 6 heteroatoms. The van der Waals surface area contributed by atoms with Gasteiger partial charge in [0.1, 0.15) is 11.9 Å². The van der Waals surface area contributed by atoms with Crippen LogP contribution in [0.2, 0.25) is 0 Å². The van der Waals surface area contributed by atoms with Gasteiger partial charge in [-0.25, -0.2) is 13.4 Å². The molecule has 0 aliphatic carbocycles. The number of hydrogen-bond acceptors (Lipinski definition) is 3. The summed E-state index contributed by atoms with van der Waals surface area (Å²) in [6, 6.07) is 12.7. The van der Waals surface area contributed by atoms with Crippen LogP contribution in [0.1, 0.15) is 34.1 Å². The van der Waals surface area contributed by atoms with Gasteiger partial charge in [-0.1, -0.05) is 48.0 Å². The van der Waals surface area contributed by atoms with Crippen molar-refractivity contribution in [3.05, 3.63) is 82.9 Å². The van der Waals surface area contributed by atoms with Gasteiger partial charge < -0.3 is 4.57 Å². The molecule has 0 spiro atoms. The van der Waals surface area contributed by atoms with Crippen LogP contribution >= 0.6 is 0 Å². The lowest BCUT2D eigenvalue weighted by Gasteiger charge is -2.21. The van der Waals surface area contributed by atoms with Gasteiger partial charge in [0.2, 0.25) is 10.0 Å². The van der Waals surface area contributed by atoms with Crippen LogP contribution in [0.15, 0.2) is 59.8 Å². The SMILES string of the molecule is Cc1cc(C)c(S(=O)(=O)N[C@H](c2ccccc2)c2nccn2C)c(C)c1. The Morgan fingerprint density at radius 1 is 1.04 bits per heavy atom. The predicted molar refractivity (Wildman–Crippen MR) is 102 cm³/mol. The number of nitrogens with zero attached hydrogens (tertiary/aromatic N) is 2. The van der Waals surface area contributed by atoms with E-state index in [0.29, 0.717) is 10.7 Å². The number of hydrogen-bond donors (Lipinski definition) is 1. The summed E-state index contributed by atoms with van der Waals surface area (Å²) in [5, 5.41) is 0. The summed E-state index contributed by atoms with van der Waals surface area (Å²) < 4.78 is 31.1. The van der Waals surface area contributed by atoms with E-state index in [9.17, 15) is 8.42 Å². The van der Waals surface area contributed by atoms with Gasteiger partial charge in [0.25, 0.3) is 0 Å². The molecule has 0 saturated heterocycles. The second-order valence-corrected chi connectivity index (χ2v) is 8.24. The van der Waals surface area contributed by atoms with E-state index in [1.54, 1.807) is 6.20 Å². The van der Waals surface area contributed by atoms with Gasteiger partial charge in [0, 0.05) is 19.4 Å². The van der Waals surface area contributed by atoms with Crippen molar-refractivity contribution in [2.45, 2.75) is 31.7 Å². The first-order valence-electron chi connectivity index (χ1n) is 8.42. The normalized spacial score (nSPS) is 12.9. The van der Waals surface area contributed by atoms with Crippen LogP contribution in [0.25, 0.3) is 0 Å². The van der Waals surface area contributed by atoms with Crippen molar-refractivity contribution < 1.29 is 8.42 Å². The van der Waals surface area contributed by atoms with Crippen LogP contribution in [-0.4, -0.2) is 18.0 Å². The van der Waals surface area contributed by atoms with Gasteiger partial charge in [-0.2, -0.15) is 4.72 Å². The van der Waals surface area contributed by atoms with Crippen molar-refractivity contribution in [3.63, 3.8) is 0 Å². The number of benzene rings is 2. The molecule has 1 aromatic heterocycles. The Balaban J connectivity index is 2.09. The van der Waals surface area contributed by atoms with Gasteiger partial charge in [-0.05, 0) is 37.5 Å². The van der Waals surface area contributed by atoms with Crippen LogP contribution < -0.4 is 4.72 Å². The minimum atomic E-state index is -3.73. The number of nitrogens with one attached hydrogen (secondary N) is 1. The molecule has 136 valence electrons. The molecule has 0 fully saturated rings. The molecule has 3 aromatic rings. The molecule has 0 radical (unpaired) electrons. The van der Waals surface area contributed by atoms with Crippen molar-refractivity contribution in [2.75, 3.05) is 0 Å². The molecule has 1 heterocycles. The Hall–Kier alpha value is -2.44. The fraction of sp³-hybridized carbons (Fsp3) is 0.250. The average molecular weight is 369 g/mol. The van der Waals surface area contributed by atoms with E-state index in [1.807, 2.05) is 81.0 Å². The first-order valence-corrected chi connectivity index (χ1v) is 9.90. The van der Waals surface area contributed by atoms with Crippen LogP contribution in [0.4, 0.5) is 0 Å². The molecule has 0 bridgehead atoms. The highest BCUT2D eigenvalue weighted by molar-refractivity contribution is 7.89. The van der Waals surface area contributed by atoms with Crippen molar-refractivity contribution >= 4 is 10.0 Å². The molecule has 0 saturated carbocycles. The van der Waals surface area contributed by atoms with Crippen molar-refractivity contribution in [2.24, 2.45) is 7.05 Å². The van der Waals surface area contributed by atoms with E-state index >= 15 is 0 Å². The summed E-state index contributed by atoms with van der Waals surface area (Å²) in [5.74, 6) is 0.641. The van der Waals surface area contributed by atoms with Crippen molar-refractivity contribution in [1.29, 1.82) is 0 Å². The molecular formula is C20H23N3O2S. The van der Waals surface area contributed by atoms with E-state index in [0.717, 1.165) is 22.3 Å². The van der Waals surface area contributed by atoms with Crippen LogP contribution in [-0.2, 0) is 17.1 Å². The zero-order valence-electron chi connectivity index (χ0n) is 15.4. The number of rotatable bonds is 5. The number of sulfonamides is 1. The molecule has 2 aromatic carbocycles. The second kappa shape index (κ2) is 7.05.